The van der Waals surface area contributed by atoms with Crippen molar-refractivity contribution in [2.75, 3.05) is 19.8 Å². The predicted octanol–water partition coefficient (Wildman–Crippen LogP) is 4.36. The molecule has 0 unspecified atom stereocenters. The number of aryl methyl sites for hydroxylation is 1. The van der Waals surface area contributed by atoms with E-state index in [1.165, 1.54) is 11.3 Å². The molecular weight excluding hydrogens is 410 g/mol. The molecule has 0 saturated heterocycles. The molecular formula is C24H35N3O3S. The van der Waals surface area contributed by atoms with Crippen molar-refractivity contribution in [1.29, 1.82) is 0 Å². The summed E-state index contributed by atoms with van der Waals surface area (Å²) in [7, 11) is 0. The van der Waals surface area contributed by atoms with Crippen LogP contribution in [-0.4, -0.2) is 52.6 Å². The molecule has 1 fully saturated rings. The van der Waals surface area contributed by atoms with Crippen LogP contribution in [0.15, 0.2) is 12.1 Å². The Kier molecular flexibility index (Phi) is 6.72. The Morgan fingerprint density at radius 2 is 2.03 bits per heavy atom. The van der Waals surface area contributed by atoms with Crippen molar-refractivity contribution < 1.29 is 14.3 Å². The van der Waals surface area contributed by atoms with E-state index in [0.29, 0.717) is 32.0 Å². The monoisotopic (exact) mass is 445 g/mol. The van der Waals surface area contributed by atoms with Crippen LogP contribution < -0.4 is 5.32 Å². The molecule has 1 N–H and O–H groups in total. The number of carbonyl (C=O) groups is 2. The largest absolute Gasteiger partial charge is 0.382 e. The van der Waals surface area contributed by atoms with Gasteiger partial charge >= 0.3 is 0 Å². The molecule has 2 amide bonds. The van der Waals surface area contributed by atoms with Crippen LogP contribution in [-0.2, 0) is 22.5 Å². The number of aromatic nitrogens is 1. The second kappa shape index (κ2) is 9.33. The first-order valence-electron chi connectivity index (χ1n) is 11.8. The minimum Gasteiger partial charge on any atom is -0.382 e. The number of nitrogens with one attached hydrogen (secondary N) is 1. The van der Waals surface area contributed by atoms with Gasteiger partial charge in [-0.25, -0.2) is 0 Å². The van der Waals surface area contributed by atoms with Crippen LogP contribution >= 0.6 is 11.3 Å². The second-order valence-corrected chi connectivity index (χ2v) is 10.2. The molecule has 6 nitrogen and oxygen atoms in total. The highest BCUT2D eigenvalue weighted by Crippen LogP contribution is 2.36. The van der Waals surface area contributed by atoms with Gasteiger partial charge in [-0.3, -0.25) is 9.59 Å². The number of rotatable bonds is 8. The van der Waals surface area contributed by atoms with Crippen molar-refractivity contribution in [3.8, 4) is 0 Å². The van der Waals surface area contributed by atoms with Gasteiger partial charge in [0.2, 0.25) is 5.91 Å². The van der Waals surface area contributed by atoms with Crippen molar-refractivity contribution in [1.82, 2.24) is 14.8 Å². The maximum Gasteiger partial charge on any atom is 0.271 e. The summed E-state index contributed by atoms with van der Waals surface area (Å²) < 4.78 is 8.71. The lowest BCUT2D eigenvalue weighted by atomic mass is 9.91. The first kappa shape index (κ1) is 22.3. The first-order valence-corrected chi connectivity index (χ1v) is 12.6. The summed E-state index contributed by atoms with van der Waals surface area (Å²) >= 11 is 1.74. The standard InChI is InChI=1S/C24H35N3O3S/c1-4-18-14-19-21(31-18)15-20-22(28)27(12-9-13-30-5-2)24(3,16-26(19)20)23(29)25-17-10-7-6-8-11-17/h14-15,17H,4-13,16H2,1-3H3,(H,25,29)/t24-/m1/s1. The summed E-state index contributed by atoms with van der Waals surface area (Å²) in [6, 6.07) is 4.41. The van der Waals surface area contributed by atoms with Gasteiger partial charge in [0, 0.05) is 30.7 Å². The maximum atomic E-state index is 13.6. The van der Waals surface area contributed by atoms with E-state index in [2.05, 4.69) is 22.9 Å². The number of fused-ring (bicyclic) bond motifs is 3. The van der Waals surface area contributed by atoms with Crippen molar-refractivity contribution in [2.24, 2.45) is 0 Å². The Hall–Kier alpha value is -1.86. The molecule has 2 aromatic rings. The molecule has 7 heteroatoms. The molecule has 1 saturated carbocycles. The van der Waals surface area contributed by atoms with Gasteiger partial charge in [-0.15, -0.1) is 11.3 Å². The summed E-state index contributed by atoms with van der Waals surface area (Å²) in [5.41, 5.74) is 0.868. The Labute approximate surface area is 188 Å². The smallest absolute Gasteiger partial charge is 0.271 e. The number of carbonyl (C=O) groups excluding carboxylic acids is 2. The highest BCUT2D eigenvalue weighted by atomic mass is 32.1. The SMILES string of the molecule is CCOCCCN1C(=O)c2cc3sc(CC)cc3n2C[C@]1(C)C(=O)NC1CCCCC1. The van der Waals surface area contributed by atoms with E-state index in [1.807, 2.05) is 19.9 Å². The average molecular weight is 446 g/mol. The molecule has 3 heterocycles. The number of nitrogens with zero attached hydrogens (tertiary/aromatic N) is 2. The Morgan fingerprint density at radius 1 is 1.26 bits per heavy atom. The number of hydrogen-bond acceptors (Lipinski definition) is 4. The van der Waals surface area contributed by atoms with Crippen LogP contribution in [0.4, 0.5) is 0 Å². The van der Waals surface area contributed by atoms with E-state index >= 15 is 0 Å². The highest BCUT2D eigenvalue weighted by molar-refractivity contribution is 7.19. The third kappa shape index (κ3) is 4.27. The van der Waals surface area contributed by atoms with Crippen molar-refractivity contribution in [2.45, 2.75) is 83.8 Å². The van der Waals surface area contributed by atoms with Crippen molar-refractivity contribution in [3.63, 3.8) is 0 Å². The van der Waals surface area contributed by atoms with Crippen molar-refractivity contribution >= 4 is 33.4 Å². The van der Waals surface area contributed by atoms with E-state index in [4.69, 9.17) is 4.74 Å². The summed E-state index contributed by atoms with van der Waals surface area (Å²) in [5, 5.41) is 3.29. The molecule has 0 bridgehead atoms. The number of thiophene rings is 1. The topological polar surface area (TPSA) is 63.6 Å². The summed E-state index contributed by atoms with van der Waals surface area (Å²) in [6.45, 7) is 8.32. The molecule has 1 aliphatic heterocycles. The summed E-state index contributed by atoms with van der Waals surface area (Å²) in [5.74, 6) is -0.0758. The molecule has 0 radical (unpaired) electrons. The van der Waals surface area contributed by atoms with Crippen molar-refractivity contribution in [3.05, 3.63) is 22.7 Å². The molecule has 1 atom stereocenters. The maximum absolute atomic E-state index is 13.6. The van der Waals surface area contributed by atoms with Crippen LogP contribution in [0, 0.1) is 0 Å². The Bertz CT molecular complexity index is 943. The number of amides is 2. The van der Waals surface area contributed by atoms with Gasteiger partial charge in [0.05, 0.1) is 16.8 Å². The number of hydrogen-bond donors (Lipinski definition) is 1. The number of ether oxygens (including phenoxy) is 1. The molecule has 0 spiro atoms. The van der Waals surface area contributed by atoms with Crippen LogP contribution in [0.25, 0.3) is 10.2 Å². The van der Waals surface area contributed by atoms with Crippen LogP contribution in [0.1, 0.15) is 74.7 Å². The molecule has 2 aliphatic rings. The second-order valence-electron chi connectivity index (χ2n) is 9.02. The zero-order chi connectivity index (χ0) is 22.0. The average Bonchev–Trinajstić information content (AvgIpc) is 3.32. The van der Waals surface area contributed by atoms with E-state index in [1.54, 1.807) is 16.2 Å². The third-order valence-corrected chi connectivity index (χ3v) is 8.03. The lowest BCUT2D eigenvalue weighted by Gasteiger charge is -2.45. The molecule has 4 rings (SSSR count). The van der Waals surface area contributed by atoms with Crippen LogP contribution in [0.2, 0.25) is 0 Å². The highest BCUT2D eigenvalue weighted by Gasteiger charge is 2.48. The molecule has 0 aromatic carbocycles. The molecule has 170 valence electrons. The van der Waals surface area contributed by atoms with E-state index in [0.717, 1.165) is 48.7 Å². The first-order chi connectivity index (χ1) is 15.0. The van der Waals surface area contributed by atoms with Crippen LogP contribution in [0.3, 0.4) is 0 Å². The molecule has 1 aliphatic carbocycles. The molecule has 2 aromatic heterocycles. The molecule has 31 heavy (non-hydrogen) atoms. The Morgan fingerprint density at radius 3 is 2.74 bits per heavy atom. The fraction of sp³-hybridized carbons (Fsp3) is 0.667. The van der Waals surface area contributed by atoms with E-state index in [-0.39, 0.29) is 17.9 Å². The van der Waals surface area contributed by atoms with Gasteiger partial charge in [0.25, 0.3) is 5.91 Å². The summed E-state index contributed by atoms with van der Waals surface area (Å²) in [4.78, 5) is 30.3. The predicted molar refractivity (Wildman–Crippen MR) is 125 cm³/mol. The van der Waals surface area contributed by atoms with Gasteiger partial charge in [0.15, 0.2) is 0 Å². The van der Waals surface area contributed by atoms with Gasteiger partial charge in [-0.1, -0.05) is 26.2 Å². The van der Waals surface area contributed by atoms with Gasteiger partial charge in [0.1, 0.15) is 11.2 Å². The minimum absolute atomic E-state index is 0.0254. The fourth-order valence-electron chi connectivity index (χ4n) is 4.97. The summed E-state index contributed by atoms with van der Waals surface area (Å²) in [6.07, 6.45) is 7.33. The lowest BCUT2D eigenvalue weighted by molar-refractivity contribution is -0.133. The minimum atomic E-state index is -0.909. The van der Waals surface area contributed by atoms with Crippen LogP contribution in [0.5, 0.6) is 0 Å². The van der Waals surface area contributed by atoms with E-state index < -0.39 is 5.54 Å². The normalized spacial score (nSPS) is 22.2. The third-order valence-electron chi connectivity index (χ3n) is 6.82. The van der Waals surface area contributed by atoms with Gasteiger partial charge in [-0.05, 0) is 51.7 Å². The van der Waals surface area contributed by atoms with Gasteiger partial charge in [-0.2, -0.15) is 0 Å². The Balaban J connectivity index is 1.65. The quantitative estimate of drug-likeness (QED) is 0.614. The zero-order valence-electron chi connectivity index (χ0n) is 19.0. The van der Waals surface area contributed by atoms with E-state index in [9.17, 15) is 9.59 Å². The van der Waals surface area contributed by atoms with Gasteiger partial charge < -0.3 is 19.5 Å². The lowest BCUT2D eigenvalue weighted by Crippen LogP contribution is -2.65. The fourth-order valence-corrected chi connectivity index (χ4v) is 6.01. The zero-order valence-corrected chi connectivity index (χ0v) is 19.9.